The maximum absolute atomic E-state index is 12.6. The first kappa shape index (κ1) is 13.9. The van der Waals surface area contributed by atoms with Gasteiger partial charge in [-0.25, -0.2) is 4.79 Å². The number of rotatable bonds is 2. The molecule has 19 heavy (non-hydrogen) atoms. The zero-order valence-electron chi connectivity index (χ0n) is 9.16. The number of aromatic carboxylic acids is 1. The Kier molecular flexibility index (Phi) is 3.56. The van der Waals surface area contributed by atoms with Gasteiger partial charge in [0, 0.05) is 15.5 Å². The largest absolute Gasteiger partial charge is 0.477 e. The Bertz CT molecular complexity index is 634. The Balaban J connectivity index is 2.51. The highest BCUT2D eigenvalue weighted by molar-refractivity contribution is 7.17. The van der Waals surface area contributed by atoms with Crippen molar-refractivity contribution in [3.05, 3.63) is 45.8 Å². The summed E-state index contributed by atoms with van der Waals surface area (Å²) in [4.78, 5) is 11.2. The van der Waals surface area contributed by atoms with E-state index in [-0.39, 0.29) is 15.5 Å². The lowest BCUT2D eigenvalue weighted by atomic mass is 10.1. The van der Waals surface area contributed by atoms with Crippen molar-refractivity contribution in [1.29, 1.82) is 0 Å². The average molecular weight is 307 g/mol. The standard InChI is InChI=1S/C12H6ClF3O2S/c13-8-2-1-6(12(14,15)16)5-7(8)9-3-4-10(19-9)11(17)18/h1-5H,(H,17,18). The van der Waals surface area contributed by atoms with Crippen LogP contribution in [-0.4, -0.2) is 11.1 Å². The number of halogens is 4. The van der Waals surface area contributed by atoms with Crippen LogP contribution >= 0.6 is 22.9 Å². The lowest BCUT2D eigenvalue weighted by Crippen LogP contribution is -2.04. The number of alkyl halides is 3. The second-order valence-electron chi connectivity index (χ2n) is 3.66. The van der Waals surface area contributed by atoms with Crippen LogP contribution in [0.3, 0.4) is 0 Å². The van der Waals surface area contributed by atoms with Gasteiger partial charge in [-0.1, -0.05) is 11.6 Å². The second kappa shape index (κ2) is 4.86. The number of carboxylic acids is 1. The number of thiophene rings is 1. The number of hydrogen-bond acceptors (Lipinski definition) is 2. The fourth-order valence-electron chi connectivity index (χ4n) is 1.49. The maximum atomic E-state index is 12.6. The van der Waals surface area contributed by atoms with Crippen molar-refractivity contribution in [3.63, 3.8) is 0 Å². The summed E-state index contributed by atoms with van der Waals surface area (Å²) in [5.74, 6) is -1.13. The quantitative estimate of drug-likeness (QED) is 0.866. The Labute approximate surface area is 115 Å². The lowest BCUT2D eigenvalue weighted by Gasteiger charge is -2.09. The topological polar surface area (TPSA) is 37.3 Å². The smallest absolute Gasteiger partial charge is 0.416 e. The summed E-state index contributed by atoms with van der Waals surface area (Å²) < 4.78 is 37.8. The first-order valence-corrected chi connectivity index (χ1v) is 6.19. The molecule has 0 radical (unpaired) electrons. The van der Waals surface area contributed by atoms with Crippen molar-refractivity contribution in [3.8, 4) is 10.4 Å². The zero-order chi connectivity index (χ0) is 14.2. The molecule has 0 aliphatic rings. The third-order valence-corrected chi connectivity index (χ3v) is 3.81. The van der Waals surface area contributed by atoms with Gasteiger partial charge in [-0.2, -0.15) is 13.2 Å². The molecule has 0 aliphatic heterocycles. The van der Waals surface area contributed by atoms with Gasteiger partial charge in [0.2, 0.25) is 0 Å². The molecule has 0 saturated heterocycles. The van der Waals surface area contributed by atoms with E-state index in [1.807, 2.05) is 0 Å². The molecule has 100 valence electrons. The predicted molar refractivity (Wildman–Crippen MR) is 66.7 cm³/mol. The fraction of sp³-hybridized carbons (Fsp3) is 0.0833. The molecule has 0 unspecified atom stereocenters. The monoisotopic (exact) mass is 306 g/mol. The van der Waals surface area contributed by atoms with E-state index in [4.69, 9.17) is 16.7 Å². The van der Waals surface area contributed by atoms with Crippen LogP contribution < -0.4 is 0 Å². The number of benzene rings is 1. The molecule has 0 amide bonds. The first-order chi connectivity index (χ1) is 8.79. The minimum absolute atomic E-state index is 0.0449. The van der Waals surface area contributed by atoms with Gasteiger partial charge < -0.3 is 5.11 Å². The molecule has 7 heteroatoms. The van der Waals surface area contributed by atoms with Crippen LogP contribution in [0.1, 0.15) is 15.2 Å². The molecular weight excluding hydrogens is 301 g/mol. The summed E-state index contributed by atoms with van der Waals surface area (Å²) in [5, 5.41) is 8.94. The van der Waals surface area contributed by atoms with Crippen LogP contribution in [0, 0.1) is 0 Å². The summed E-state index contributed by atoms with van der Waals surface area (Å²) >= 11 is 6.74. The van der Waals surface area contributed by atoms with E-state index >= 15 is 0 Å². The molecule has 0 spiro atoms. The molecule has 1 N–H and O–H groups in total. The summed E-state index contributed by atoms with van der Waals surface area (Å²) in [5.41, 5.74) is -0.647. The Morgan fingerprint density at radius 2 is 1.89 bits per heavy atom. The van der Waals surface area contributed by atoms with Crippen molar-refractivity contribution >= 4 is 28.9 Å². The van der Waals surface area contributed by atoms with Gasteiger partial charge in [0.25, 0.3) is 0 Å². The third-order valence-electron chi connectivity index (χ3n) is 2.38. The van der Waals surface area contributed by atoms with Gasteiger partial charge in [0.05, 0.1) is 5.56 Å². The summed E-state index contributed by atoms with van der Waals surface area (Å²) in [6.07, 6.45) is -4.47. The molecule has 0 aliphatic carbocycles. The molecular formula is C12H6ClF3O2S. The van der Waals surface area contributed by atoms with E-state index in [0.717, 1.165) is 29.5 Å². The third kappa shape index (κ3) is 2.90. The molecule has 0 bridgehead atoms. The van der Waals surface area contributed by atoms with Gasteiger partial charge in [-0.3, -0.25) is 0 Å². The highest BCUT2D eigenvalue weighted by Gasteiger charge is 2.31. The normalized spacial score (nSPS) is 11.6. The summed E-state index contributed by atoms with van der Waals surface area (Å²) in [6.45, 7) is 0. The van der Waals surface area contributed by atoms with E-state index in [1.165, 1.54) is 12.1 Å². The molecule has 2 nitrogen and oxygen atoms in total. The Hall–Kier alpha value is -1.53. The van der Waals surface area contributed by atoms with Gasteiger partial charge >= 0.3 is 12.1 Å². The second-order valence-corrected chi connectivity index (χ2v) is 5.15. The summed E-state index contributed by atoms with van der Waals surface area (Å²) in [6, 6.07) is 5.73. The van der Waals surface area contributed by atoms with E-state index in [1.54, 1.807) is 0 Å². The van der Waals surface area contributed by atoms with E-state index in [9.17, 15) is 18.0 Å². The van der Waals surface area contributed by atoms with Gasteiger partial charge in [0.1, 0.15) is 4.88 Å². The average Bonchev–Trinajstić information content (AvgIpc) is 2.77. The molecule has 0 saturated carbocycles. The predicted octanol–water partition coefficient (Wildman–Crippen LogP) is 4.79. The summed E-state index contributed by atoms with van der Waals surface area (Å²) in [7, 11) is 0. The number of carbonyl (C=O) groups is 1. The number of hydrogen-bond donors (Lipinski definition) is 1. The van der Waals surface area contributed by atoms with Crippen LogP contribution in [-0.2, 0) is 6.18 Å². The van der Waals surface area contributed by atoms with Crippen molar-refractivity contribution in [1.82, 2.24) is 0 Å². The Morgan fingerprint density at radius 1 is 1.21 bits per heavy atom. The van der Waals surface area contributed by atoms with Crippen LogP contribution in [0.4, 0.5) is 13.2 Å². The first-order valence-electron chi connectivity index (χ1n) is 4.99. The molecule has 0 atom stereocenters. The maximum Gasteiger partial charge on any atom is 0.416 e. The minimum Gasteiger partial charge on any atom is -0.477 e. The van der Waals surface area contributed by atoms with Crippen LogP contribution in [0.15, 0.2) is 30.3 Å². The van der Waals surface area contributed by atoms with Crippen molar-refractivity contribution < 1.29 is 23.1 Å². The fourth-order valence-corrected chi connectivity index (χ4v) is 2.64. The van der Waals surface area contributed by atoms with Crippen LogP contribution in [0.5, 0.6) is 0 Å². The highest BCUT2D eigenvalue weighted by atomic mass is 35.5. The van der Waals surface area contributed by atoms with Crippen molar-refractivity contribution in [2.24, 2.45) is 0 Å². The van der Waals surface area contributed by atoms with Gasteiger partial charge in [-0.15, -0.1) is 11.3 Å². The highest BCUT2D eigenvalue weighted by Crippen LogP contribution is 2.38. The minimum atomic E-state index is -4.47. The number of carboxylic acid groups (broad SMARTS) is 1. The molecule has 2 rings (SSSR count). The molecule has 1 heterocycles. The van der Waals surface area contributed by atoms with Crippen molar-refractivity contribution in [2.75, 3.05) is 0 Å². The lowest BCUT2D eigenvalue weighted by molar-refractivity contribution is -0.137. The Morgan fingerprint density at radius 3 is 2.42 bits per heavy atom. The van der Waals surface area contributed by atoms with Gasteiger partial charge in [-0.05, 0) is 30.3 Å². The molecule has 1 aromatic heterocycles. The van der Waals surface area contributed by atoms with Crippen molar-refractivity contribution in [2.45, 2.75) is 6.18 Å². The zero-order valence-corrected chi connectivity index (χ0v) is 10.7. The van der Waals surface area contributed by atoms with E-state index in [0.29, 0.717) is 4.88 Å². The van der Waals surface area contributed by atoms with E-state index in [2.05, 4.69) is 0 Å². The molecule has 2 aromatic rings. The van der Waals surface area contributed by atoms with E-state index < -0.39 is 17.7 Å². The van der Waals surface area contributed by atoms with Crippen LogP contribution in [0.25, 0.3) is 10.4 Å². The van der Waals surface area contributed by atoms with Gasteiger partial charge in [0.15, 0.2) is 0 Å². The molecule has 1 aromatic carbocycles. The molecule has 0 fully saturated rings. The SMILES string of the molecule is O=C(O)c1ccc(-c2cc(C(F)(F)F)ccc2Cl)s1. The van der Waals surface area contributed by atoms with Crippen LogP contribution in [0.2, 0.25) is 5.02 Å².